The summed E-state index contributed by atoms with van der Waals surface area (Å²) in [5.41, 5.74) is 10.3. The van der Waals surface area contributed by atoms with Gasteiger partial charge in [0.05, 0.1) is 5.54 Å². The Morgan fingerprint density at radius 1 is 1.28 bits per heavy atom. The third-order valence-corrected chi connectivity index (χ3v) is 4.22. The predicted molar refractivity (Wildman–Crippen MR) is 75.1 cm³/mol. The van der Waals surface area contributed by atoms with Gasteiger partial charge in [-0.25, -0.2) is 0 Å². The molecule has 1 unspecified atom stereocenters. The van der Waals surface area contributed by atoms with Gasteiger partial charge in [0.15, 0.2) is 0 Å². The Morgan fingerprint density at radius 3 is 2.33 bits per heavy atom. The van der Waals surface area contributed by atoms with E-state index in [9.17, 15) is 4.79 Å². The average molecular weight is 255 g/mol. The van der Waals surface area contributed by atoms with Crippen molar-refractivity contribution in [2.24, 2.45) is 11.5 Å². The summed E-state index contributed by atoms with van der Waals surface area (Å²) in [7, 11) is 2.19. The second-order valence-corrected chi connectivity index (χ2v) is 6.01. The molecule has 106 valence electrons. The van der Waals surface area contributed by atoms with Crippen LogP contribution in [0.2, 0.25) is 0 Å². The number of amides is 1. The van der Waals surface area contributed by atoms with Gasteiger partial charge in [-0.2, -0.15) is 0 Å². The molecule has 1 rings (SSSR count). The number of carbonyl (C=O) groups excluding carboxylic acids is 1. The molecule has 0 aromatic carbocycles. The van der Waals surface area contributed by atoms with Crippen LogP contribution in [0.15, 0.2) is 0 Å². The third-order valence-electron chi connectivity index (χ3n) is 4.22. The topological polar surface area (TPSA) is 72.3 Å². The first-order valence-electron chi connectivity index (χ1n) is 7.22. The Hall–Kier alpha value is -0.610. The van der Waals surface area contributed by atoms with Crippen LogP contribution in [0.5, 0.6) is 0 Å². The molecule has 4 N–H and O–H groups in total. The monoisotopic (exact) mass is 255 g/mol. The van der Waals surface area contributed by atoms with Crippen LogP contribution in [0.3, 0.4) is 0 Å². The van der Waals surface area contributed by atoms with Crippen LogP contribution in [0.1, 0.15) is 58.3 Å². The zero-order valence-corrected chi connectivity index (χ0v) is 12.0. The van der Waals surface area contributed by atoms with Crippen molar-refractivity contribution in [3.05, 3.63) is 0 Å². The molecular formula is C14H29N3O. The van der Waals surface area contributed by atoms with Crippen LogP contribution in [-0.4, -0.2) is 36.0 Å². The number of rotatable bonds is 6. The molecule has 4 heteroatoms. The van der Waals surface area contributed by atoms with Crippen molar-refractivity contribution < 1.29 is 4.79 Å². The van der Waals surface area contributed by atoms with Gasteiger partial charge in [0.1, 0.15) is 0 Å². The Labute approximate surface area is 111 Å². The lowest BCUT2D eigenvalue weighted by atomic mass is 9.96. The minimum absolute atomic E-state index is 0.403. The predicted octanol–water partition coefficient (Wildman–Crippen LogP) is 1.62. The first-order valence-corrected chi connectivity index (χ1v) is 7.22. The minimum atomic E-state index is -0.857. The number of primary amides is 1. The SMILES string of the molecule is CN(CCCC(C)(N)C(N)=O)C1CCCCCC1. The average Bonchev–Trinajstić information content (AvgIpc) is 2.56. The fourth-order valence-corrected chi connectivity index (χ4v) is 2.70. The lowest BCUT2D eigenvalue weighted by Crippen LogP contribution is -2.49. The van der Waals surface area contributed by atoms with E-state index in [-0.39, 0.29) is 0 Å². The van der Waals surface area contributed by atoms with Gasteiger partial charge in [0.25, 0.3) is 0 Å². The summed E-state index contributed by atoms with van der Waals surface area (Å²) in [6.07, 6.45) is 9.69. The van der Waals surface area contributed by atoms with E-state index in [1.807, 2.05) is 0 Å². The summed E-state index contributed by atoms with van der Waals surface area (Å²) in [5.74, 6) is -0.403. The minimum Gasteiger partial charge on any atom is -0.368 e. The lowest BCUT2D eigenvalue weighted by molar-refractivity contribution is -0.122. The molecule has 0 aliphatic heterocycles. The van der Waals surface area contributed by atoms with Crippen LogP contribution >= 0.6 is 0 Å². The molecule has 1 aliphatic carbocycles. The number of nitrogens with zero attached hydrogens (tertiary/aromatic N) is 1. The highest BCUT2D eigenvalue weighted by atomic mass is 16.1. The molecule has 4 nitrogen and oxygen atoms in total. The van der Waals surface area contributed by atoms with Crippen molar-refractivity contribution in [2.45, 2.75) is 69.9 Å². The van der Waals surface area contributed by atoms with E-state index in [0.717, 1.165) is 13.0 Å². The molecule has 0 heterocycles. The normalized spacial score (nSPS) is 21.6. The molecule has 0 saturated heterocycles. The van der Waals surface area contributed by atoms with Crippen LogP contribution in [-0.2, 0) is 4.79 Å². The van der Waals surface area contributed by atoms with E-state index in [1.54, 1.807) is 6.92 Å². The van der Waals surface area contributed by atoms with Crippen molar-refractivity contribution in [3.8, 4) is 0 Å². The maximum Gasteiger partial charge on any atom is 0.237 e. The number of hydrogen-bond acceptors (Lipinski definition) is 3. The fraction of sp³-hybridized carbons (Fsp3) is 0.929. The Morgan fingerprint density at radius 2 is 1.83 bits per heavy atom. The van der Waals surface area contributed by atoms with Gasteiger partial charge in [-0.05, 0) is 46.2 Å². The van der Waals surface area contributed by atoms with E-state index >= 15 is 0 Å². The van der Waals surface area contributed by atoms with Crippen molar-refractivity contribution in [3.63, 3.8) is 0 Å². The Kier molecular flexibility index (Phi) is 6.09. The summed E-state index contributed by atoms with van der Waals surface area (Å²) in [5, 5.41) is 0. The summed E-state index contributed by atoms with van der Waals surface area (Å²) >= 11 is 0. The Bertz CT molecular complexity index is 258. The van der Waals surface area contributed by atoms with Crippen molar-refractivity contribution in [2.75, 3.05) is 13.6 Å². The van der Waals surface area contributed by atoms with Crippen molar-refractivity contribution >= 4 is 5.91 Å². The van der Waals surface area contributed by atoms with Crippen LogP contribution in [0.25, 0.3) is 0 Å². The number of hydrogen-bond donors (Lipinski definition) is 2. The van der Waals surface area contributed by atoms with Gasteiger partial charge < -0.3 is 16.4 Å². The smallest absolute Gasteiger partial charge is 0.237 e. The number of nitrogens with two attached hydrogens (primary N) is 2. The third kappa shape index (κ3) is 4.94. The van der Waals surface area contributed by atoms with E-state index in [4.69, 9.17) is 11.5 Å². The van der Waals surface area contributed by atoms with Gasteiger partial charge in [-0.1, -0.05) is 25.7 Å². The molecule has 0 radical (unpaired) electrons. The van der Waals surface area contributed by atoms with Crippen LogP contribution < -0.4 is 11.5 Å². The number of carbonyl (C=O) groups is 1. The fourth-order valence-electron chi connectivity index (χ4n) is 2.70. The highest BCUT2D eigenvalue weighted by molar-refractivity contribution is 5.83. The van der Waals surface area contributed by atoms with E-state index in [1.165, 1.54) is 38.5 Å². The maximum absolute atomic E-state index is 11.1. The zero-order chi connectivity index (χ0) is 13.6. The molecular weight excluding hydrogens is 226 g/mol. The first-order chi connectivity index (χ1) is 8.43. The highest BCUT2D eigenvalue weighted by Gasteiger charge is 2.25. The van der Waals surface area contributed by atoms with Gasteiger partial charge in [-0.15, -0.1) is 0 Å². The van der Waals surface area contributed by atoms with Gasteiger partial charge >= 0.3 is 0 Å². The molecule has 1 atom stereocenters. The van der Waals surface area contributed by atoms with E-state index in [2.05, 4.69) is 11.9 Å². The lowest BCUT2D eigenvalue weighted by Gasteiger charge is -2.28. The second-order valence-electron chi connectivity index (χ2n) is 6.01. The molecule has 18 heavy (non-hydrogen) atoms. The van der Waals surface area contributed by atoms with Crippen molar-refractivity contribution in [1.82, 2.24) is 4.90 Å². The summed E-state index contributed by atoms with van der Waals surface area (Å²) in [6, 6.07) is 0.713. The Balaban J connectivity index is 2.27. The molecule has 0 spiro atoms. The van der Waals surface area contributed by atoms with Crippen LogP contribution in [0.4, 0.5) is 0 Å². The van der Waals surface area contributed by atoms with Gasteiger partial charge in [0.2, 0.25) is 5.91 Å². The second kappa shape index (κ2) is 7.10. The summed E-state index contributed by atoms with van der Waals surface area (Å²) in [6.45, 7) is 2.73. The largest absolute Gasteiger partial charge is 0.368 e. The summed E-state index contributed by atoms with van der Waals surface area (Å²) < 4.78 is 0. The van der Waals surface area contributed by atoms with Gasteiger partial charge in [-0.3, -0.25) is 4.79 Å². The van der Waals surface area contributed by atoms with Crippen LogP contribution in [0, 0.1) is 0 Å². The molecule has 1 fully saturated rings. The van der Waals surface area contributed by atoms with E-state index < -0.39 is 11.4 Å². The van der Waals surface area contributed by atoms with E-state index in [0.29, 0.717) is 12.5 Å². The van der Waals surface area contributed by atoms with Gasteiger partial charge in [0, 0.05) is 6.04 Å². The highest BCUT2D eigenvalue weighted by Crippen LogP contribution is 2.21. The molecule has 0 aromatic rings. The molecule has 0 aromatic heterocycles. The zero-order valence-electron chi connectivity index (χ0n) is 12.0. The first kappa shape index (κ1) is 15.4. The maximum atomic E-state index is 11.1. The molecule has 0 bridgehead atoms. The summed E-state index contributed by atoms with van der Waals surface area (Å²) in [4.78, 5) is 13.6. The molecule has 1 saturated carbocycles. The standard InChI is InChI=1S/C14H29N3O/c1-14(16,13(15)18)10-7-11-17(2)12-8-5-3-4-6-9-12/h12H,3-11,16H2,1-2H3,(H2,15,18). The van der Waals surface area contributed by atoms with Crippen molar-refractivity contribution in [1.29, 1.82) is 0 Å². The quantitative estimate of drug-likeness (QED) is 0.708. The molecule has 1 amide bonds. The molecule has 1 aliphatic rings.